The van der Waals surface area contributed by atoms with Gasteiger partial charge in [0.15, 0.2) is 53.0 Å². The molecular weight excluding hydrogens is 1080 g/mol. The van der Waals surface area contributed by atoms with Crippen molar-refractivity contribution in [2.75, 3.05) is 34.5 Å². The second kappa shape index (κ2) is 25.4. The quantitative estimate of drug-likeness (QED) is 0.0248. The van der Waals surface area contributed by atoms with Gasteiger partial charge in [0, 0.05) is 30.4 Å². The topological polar surface area (TPSA) is 410 Å². The van der Waals surface area contributed by atoms with Crippen LogP contribution in [0.3, 0.4) is 0 Å². The lowest BCUT2D eigenvalue weighted by molar-refractivity contribution is -0.358. The first-order valence-electron chi connectivity index (χ1n) is 24.7. The molecule has 0 bridgehead atoms. The number of carbonyl (C=O) groups is 2. The molecule has 4 aromatic carbocycles. The number of aliphatic hydroxyl groups is 8. The van der Waals surface area contributed by atoms with Crippen molar-refractivity contribution < 1.29 is 132 Å². The van der Waals surface area contributed by atoms with Crippen LogP contribution in [0.5, 0.6) is 57.5 Å². The van der Waals surface area contributed by atoms with Crippen LogP contribution in [-0.2, 0) is 38.0 Å². The van der Waals surface area contributed by atoms with Crippen LogP contribution in [0.15, 0.2) is 83.3 Å². The SMILES string of the molecule is COc1cc(/C=C/C(=O)OC[C@H]2O[C@@H](Oc3cc4c(O[C@@H]5O[C@H](C)[C@@H](O)[C@H](O)[C@H]5O)cc(O)cc4[o+]c3-c3ccc(O)c(O)c3)[C@H](O[C@@H]3O[C@H](CO)[C@@H](O)[C@H](O)[C@H]3OC(=O)/C=C/c3cc(OC)c(O)c(OC)c3)[C@@H](O)[C@@H]2O)ccc1O. The highest BCUT2D eigenvalue weighted by atomic mass is 16.8. The van der Waals surface area contributed by atoms with Gasteiger partial charge in [0.05, 0.1) is 45.7 Å². The summed E-state index contributed by atoms with van der Waals surface area (Å²) < 4.78 is 69.1. The van der Waals surface area contributed by atoms with Crippen molar-refractivity contribution in [3.05, 3.63) is 90.0 Å². The zero-order valence-electron chi connectivity index (χ0n) is 43.3. The van der Waals surface area contributed by atoms with Crippen molar-refractivity contribution >= 4 is 35.1 Å². The minimum atomic E-state index is -2.19. The molecule has 0 aliphatic carbocycles. The lowest BCUT2D eigenvalue weighted by Gasteiger charge is -2.46. The summed E-state index contributed by atoms with van der Waals surface area (Å²) in [6.07, 6.45) is -23.3. The standard InChI is InChI=1S/C54H58O27/c1-22-41(62)45(66)48(69)52(74-22)76-32-18-26(56)17-31-27(32)19-36(49(75-31)25-8-10-28(57)30(59)16-25)77-53-51(47(68)44(65)38(79-53)21-73-39(60)11-6-23-5-9-29(58)33(13-23)70-2)81-54-50(46(67)43(64)37(20-55)78-54)80-40(61)12-7-24-14-34(71-3)42(63)35(15-24)72-4/h5-19,22,37-38,41,43-48,50-55,62,64-69H,20-21H2,1-4H3,(H4-,56,57,58,59,60,61,63)/p+1/t22-,37-,38-,41-,43-,44-,45+,46+,47+,48-,50-,51-,52+,53-,54+/m1/s1. The molecule has 27 heteroatoms. The maximum Gasteiger partial charge on any atom is 0.402 e. The Morgan fingerprint density at radius 1 is 0.568 bits per heavy atom. The van der Waals surface area contributed by atoms with Gasteiger partial charge in [0.2, 0.25) is 24.1 Å². The molecular formula is C54H59O27+. The highest BCUT2D eigenvalue weighted by Gasteiger charge is 2.54. The summed E-state index contributed by atoms with van der Waals surface area (Å²) in [6.45, 7) is -0.369. The molecule has 0 amide bonds. The van der Waals surface area contributed by atoms with Crippen LogP contribution < -0.4 is 23.7 Å². The van der Waals surface area contributed by atoms with E-state index in [4.69, 9.17) is 56.5 Å². The van der Waals surface area contributed by atoms with Gasteiger partial charge in [-0.25, -0.2) is 14.0 Å². The summed E-state index contributed by atoms with van der Waals surface area (Å²) in [7, 11) is 3.88. The Hall–Kier alpha value is -7.77. The average Bonchev–Trinajstić information content (AvgIpc) is 3.62. The van der Waals surface area contributed by atoms with E-state index in [9.17, 15) is 76.0 Å². The van der Waals surface area contributed by atoms with Crippen LogP contribution in [0.25, 0.3) is 34.4 Å². The van der Waals surface area contributed by atoms with Gasteiger partial charge in [-0.1, -0.05) is 6.07 Å². The maximum absolute atomic E-state index is 13.5. The Morgan fingerprint density at radius 2 is 1.19 bits per heavy atom. The van der Waals surface area contributed by atoms with E-state index in [0.717, 1.165) is 36.4 Å². The summed E-state index contributed by atoms with van der Waals surface area (Å²) >= 11 is 0. The monoisotopic (exact) mass is 1140 g/mol. The fourth-order valence-corrected chi connectivity index (χ4v) is 8.83. The first-order chi connectivity index (χ1) is 38.6. The van der Waals surface area contributed by atoms with E-state index in [-0.39, 0.29) is 62.4 Å². The number of methoxy groups -OCH3 is 3. The Kier molecular flexibility index (Phi) is 18.6. The Balaban J connectivity index is 1.18. The Morgan fingerprint density at radius 3 is 1.86 bits per heavy atom. The molecule has 0 spiro atoms. The van der Waals surface area contributed by atoms with Crippen molar-refractivity contribution in [2.24, 2.45) is 0 Å². The van der Waals surface area contributed by atoms with E-state index in [1.807, 2.05) is 0 Å². The van der Waals surface area contributed by atoms with Crippen molar-refractivity contribution in [3.63, 3.8) is 0 Å². The number of benzene rings is 4. The normalized spacial score (nSPS) is 28.6. The van der Waals surface area contributed by atoms with Crippen LogP contribution in [0.4, 0.5) is 0 Å². The molecule has 436 valence electrons. The Labute approximate surface area is 458 Å². The molecule has 4 heterocycles. The summed E-state index contributed by atoms with van der Waals surface area (Å²) in [5.41, 5.74) is 0.435. The third-order valence-electron chi connectivity index (χ3n) is 13.3. The van der Waals surface area contributed by atoms with E-state index < -0.39 is 140 Å². The highest BCUT2D eigenvalue weighted by molar-refractivity contribution is 5.90. The minimum Gasteiger partial charge on any atom is -0.507 e. The lowest BCUT2D eigenvalue weighted by Crippen LogP contribution is -2.65. The van der Waals surface area contributed by atoms with Crippen molar-refractivity contribution in [2.45, 2.75) is 99.0 Å². The maximum atomic E-state index is 13.5. The van der Waals surface area contributed by atoms with Gasteiger partial charge >= 0.3 is 23.3 Å². The molecule has 8 rings (SSSR count). The molecule has 3 aliphatic heterocycles. The molecule has 0 unspecified atom stereocenters. The second-order valence-electron chi connectivity index (χ2n) is 18.7. The largest absolute Gasteiger partial charge is 0.507 e. The van der Waals surface area contributed by atoms with Gasteiger partial charge in [-0.05, 0) is 66.6 Å². The third kappa shape index (κ3) is 13.0. The number of ether oxygens (including phenoxy) is 11. The van der Waals surface area contributed by atoms with Crippen LogP contribution in [-0.4, -0.2) is 205 Å². The molecule has 1 aromatic heterocycles. The molecule has 13 N–H and O–H groups in total. The zero-order valence-corrected chi connectivity index (χ0v) is 43.3. The molecule has 3 fully saturated rings. The molecule has 3 saturated heterocycles. The number of aromatic hydroxyl groups is 5. The predicted molar refractivity (Wildman–Crippen MR) is 273 cm³/mol. The summed E-state index contributed by atoms with van der Waals surface area (Å²) in [6, 6.07) is 13.7. The van der Waals surface area contributed by atoms with E-state index >= 15 is 0 Å². The van der Waals surface area contributed by atoms with Crippen molar-refractivity contribution in [1.82, 2.24) is 0 Å². The van der Waals surface area contributed by atoms with E-state index in [1.54, 1.807) is 0 Å². The number of phenols is 5. The summed E-state index contributed by atoms with van der Waals surface area (Å²) in [5, 5.41) is 140. The number of fused-ring (bicyclic) bond motifs is 1. The third-order valence-corrected chi connectivity index (χ3v) is 13.3. The number of aliphatic hydroxyl groups excluding tert-OH is 8. The Bertz CT molecular complexity index is 3090. The molecule has 81 heavy (non-hydrogen) atoms. The fraction of sp³-hybridized carbons (Fsp3) is 0.389. The van der Waals surface area contributed by atoms with Gasteiger partial charge in [0.25, 0.3) is 0 Å². The fourth-order valence-electron chi connectivity index (χ4n) is 8.83. The molecule has 27 nitrogen and oxygen atoms in total. The van der Waals surface area contributed by atoms with E-state index in [1.165, 1.54) is 82.9 Å². The summed E-state index contributed by atoms with van der Waals surface area (Å²) in [5.74, 6) is -5.38. The van der Waals surface area contributed by atoms with Gasteiger partial charge in [-0.3, -0.25) is 0 Å². The first-order valence-corrected chi connectivity index (χ1v) is 24.7. The number of rotatable bonds is 18. The lowest BCUT2D eigenvalue weighted by atomic mass is 9.97. The smallest absolute Gasteiger partial charge is 0.402 e. The molecule has 3 aliphatic rings. The van der Waals surface area contributed by atoms with Crippen LogP contribution in [0.1, 0.15) is 18.1 Å². The first kappa shape index (κ1) is 59.4. The number of hydrogen-bond acceptors (Lipinski definition) is 26. The van der Waals surface area contributed by atoms with Crippen LogP contribution in [0, 0.1) is 0 Å². The number of hydrogen-bond donors (Lipinski definition) is 13. The van der Waals surface area contributed by atoms with E-state index in [2.05, 4.69) is 0 Å². The number of esters is 2. The average molecular weight is 1140 g/mol. The van der Waals surface area contributed by atoms with E-state index in [0.29, 0.717) is 5.56 Å². The van der Waals surface area contributed by atoms with Gasteiger partial charge < -0.3 is 118 Å². The van der Waals surface area contributed by atoms with Crippen LogP contribution >= 0.6 is 0 Å². The van der Waals surface area contributed by atoms with Crippen molar-refractivity contribution in [3.8, 4) is 68.8 Å². The molecule has 15 atom stereocenters. The zero-order chi connectivity index (χ0) is 58.6. The van der Waals surface area contributed by atoms with Crippen molar-refractivity contribution in [1.29, 1.82) is 0 Å². The second-order valence-corrected chi connectivity index (χ2v) is 18.7. The predicted octanol–water partition coefficient (Wildman–Crippen LogP) is 0.672. The number of phenolic OH excluding ortho intramolecular Hbond substituents is 5. The molecule has 0 radical (unpaired) electrons. The molecule has 0 saturated carbocycles. The van der Waals surface area contributed by atoms with Crippen LogP contribution in [0.2, 0.25) is 0 Å². The number of carbonyl (C=O) groups excluding carboxylic acids is 2. The summed E-state index contributed by atoms with van der Waals surface area (Å²) in [4.78, 5) is 26.7. The highest BCUT2D eigenvalue weighted by Crippen LogP contribution is 2.44. The molecule has 5 aromatic rings. The minimum absolute atomic E-state index is 0.0221. The van der Waals surface area contributed by atoms with Gasteiger partial charge in [-0.2, -0.15) is 0 Å². The van der Waals surface area contributed by atoms with Gasteiger partial charge in [-0.15, -0.1) is 0 Å². The van der Waals surface area contributed by atoms with Gasteiger partial charge in [0.1, 0.15) is 78.4 Å².